The van der Waals surface area contributed by atoms with E-state index in [0.29, 0.717) is 40.7 Å². The number of benzene rings is 3. The molecule has 0 spiro atoms. The number of methoxy groups -OCH3 is 1. The number of piperidine rings is 1. The van der Waals surface area contributed by atoms with Crippen molar-refractivity contribution in [3.05, 3.63) is 94.7 Å². The molecule has 0 aliphatic carbocycles. The van der Waals surface area contributed by atoms with Crippen LogP contribution < -0.4 is 31.3 Å². The number of aromatic nitrogens is 3. The number of nitrogens with one attached hydrogen (secondary N) is 2. The van der Waals surface area contributed by atoms with E-state index in [1.54, 1.807) is 31.8 Å². The Balaban J connectivity index is 0.896. The minimum Gasteiger partial charge on any atom is -0.494 e. The van der Waals surface area contributed by atoms with Gasteiger partial charge in [-0.05, 0) is 68.5 Å². The first-order chi connectivity index (χ1) is 27.0. The minimum atomic E-state index is -2.54. The molecule has 7 rings (SSSR count). The molecule has 1 atom stereocenters. The predicted molar refractivity (Wildman–Crippen MR) is 229 cm³/mol. The highest BCUT2D eigenvalue weighted by Gasteiger charge is 2.30. The number of hydrogen-bond donors (Lipinski definition) is 3. The summed E-state index contributed by atoms with van der Waals surface area (Å²) < 4.78 is 18.7. The van der Waals surface area contributed by atoms with Crippen molar-refractivity contribution in [3.63, 3.8) is 0 Å². The number of nitrogens with two attached hydrogens (primary N) is 1. The lowest BCUT2D eigenvalue weighted by Crippen LogP contribution is -2.54. The molecular formula is C41H49ClN9O3PS. The second kappa shape index (κ2) is 17.3. The van der Waals surface area contributed by atoms with Gasteiger partial charge in [-0.3, -0.25) is 9.69 Å². The summed E-state index contributed by atoms with van der Waals surface area (Å²) >= 11 is 8.10. The molecule has 1 unspecified atom stereocenters. The maximum absolute atomic E-state index is 13.3. The Morgan fingerprint density at radius 1 is 0.982 bits per heavy atom. The quantitative estimate of drug-likeness (QED) is 0.108. The first-order valence-electron chi connectivity index (χ1n) is 18.9. The van der Waals surface area contributed by atoms with Gasteiger partial charge in [0.15, 0.2) is 5.82 Å². The number of halogens is 1. The van der Waals surface area contributed by atoms with Crippen LogP contribution in [0.15, 0.2) is 78.4 Å². The van der Waals surface area contributed by atoms with Gasteiger partial charge in [0.05, 0.1) is 40.8 Å². The average molecular weight is 814 g/mol. The van der Waals surface area contributed by atoms with Crippen LogP contribution in [0.25, 0.3) is 10.4 Å². The van der Waals surface area contributed by atoms with Crippen LogP contribution in [0.3, 0.4) is 0 Å². The van der Waals surface area contributed by atoms with E-state index >= 15 is 0 Å². The SMILES string of the molecule is COc1cc(N2CCC(N3CCN(C(=O)CC(N)c4ccc(-c5scnc5C)cc4)CC3)CC2)ccc1Nc1ncc(Cl)c(Nc2ccccc2P(C)(C)=O)n1. The Morgan fingerprint density at radius 2 is 1.71 bits per heavy atom. The maximum atomic E-state index is 13.3. The molecule has 4 heterocycles. The van der Waals surface area contributed by atoms with E-state index in [9.17, 15) is 9.36 Å². The lowest BCUT2D eigenvalue weighted by molar-refractivity contribution is -0.133. The zero-order valence-corrected chi connectivity index (χ0v) is 34.7. The third kappa shape index (κ3) is 9.19. The topological polar surface area (TPSA) is 142 Å². The summed E-state index contributed by atoms with van der Waals surface area (Å²) in [4.78, 5) is 34.7. The molecule has 2 saturated heterocycles. The summed E-state index contributed by atoms with van der Waals surface area (Å²) in [5.41, 5.74) is 14.0. The van der Waals surface area contributed by atoms with Gasteiger partial charge in [0, 0.05) is 74.8 Å². The Morgan fingerprint density at radius 3 is 2.39 bits per heavy atom. The Bertz CT molecular complexity index is 2200. The number of hydrogen-bond acceptors (Lipinski definition) is 12. The summed E-state index contributed by atoms with van der Waals surface area (Å²) in [6.07, 6.45) is 3.92. The van der Waals surface area contributed by atoms with Crippen LogP contribution in [0.1, 0.15) is 36.6 Å². The van der Waals surface area contributed by atoms with Crippen LogP contribution in [0.4, 0.5) is 28.8 Å². The van der Waals surface area contributed by atoms with Gasteiger partial charge < -0.3 is 35.5 Å². The monoisotopic (exact) mass is 813 g/mol. The zero-order valence-electron chi connectivity index (χ0n) is 32.2. The highest BCUT2D eigenvalue weighted by atomic mass is 35.5. The first kappa shape index (κ1) is 39.7. The van der Waals surface area contributed by atoms with Crippen molar-refractivity contribution < 1.29 is 14.1 Å². The van der Waals surface area contributed by atoms with Gasteiger partial charge in [-0.25, -0.2) is 9.97 Å². The van der Waals surface area contributed by atoms with Crippen LogP contribution in [0, 0.1) is 6.92 Å². The van der Waals surface area contributed by atoms with Crippen LogP contribution in [-0.2, 0) is 9.36 Å². The van der Waals surface area contributed by atoms with Gasteiger partial charge in [-0.2, -0.15) is 4.98 Å². The smallest absolute Gasteiger partial charge is 0.229 e. The lowest BCUT2D eigenvalue weighted by atomic mass is 10.0. The number of aryl methyl sites for hydroxylation is 1. The van der Waals surface area contributed by atoms with Crippen LogP contribution in [-0.4, -0.2) is 96.4 Å². The second-order valence-electron chi connectivity index (χ2n) is 14.7. The third-order valence-electron chi connectivity index (χ3n) is 10.7. The molecule has 0 bridgehead atoms. The van der Waals surface area contributed by atoms with Gasteiger partial charge in [0.2, 0.25) is 11.9 Å². The fourth-order valence-corrected chi connectivity index (χ4v) is 9.62. The highest BCUT2D eigenvalue weighted by molar-refractivity contribution is 7.70. The molecule has 2 aliphatic rings. The normalized spacial score (nSPS) is 16.1. The van der Waals surface area contributed by atoms with Crippen molar-refractivity contribution in [2.24, 2.45) is 5.73 Å². The fraction of sp³-hybridized carbons (Fsp3) is 0.366. The molecule has 0 radical (unpaired) electrons. The Labute approximate surface area is 337 Å². The van der Waals surface area contributed by atoms with Crippen LogP contribution in [0.5, 0.6) is 5.75 Å². The number of piperazine rings is 1. The molecule has 12 nitrogen and oxygen atoms in total. The van der Waals surface area contributed by atoms with Crippen LogP contribution >= 0.6 is 30.1 Å². The molecule has 2 aromatic heterocycles. The minimum absolute atomic E-state index is 0.118. The van der Waals surface area contributed by atoms with Gasteiger partial charge in [-0.15, -0.1) is 11.3 Å². The predicted octanol–water partition coefficient (Wildman–Crippen LogP) is 7.51. The Kier molecular flexibility index (Phi) is 12.3. The van der Waals surface area contributed by atoms with E-state index < -0.39 is 7.14 Å². The number of nitrogens with zero attached hydrogens (tertiary/aromatic N) is 6. The summed E-state index contributed by atoms with van der Waals surface area (Å²) in [6, 6.07) is 21.9. The van der Waals surface area contributed by atoms with Crippen molar-refractivity contribution in [1.82, 2.24) is 24.8 Å². The number of anilines is 5. The van der Waals surface area contributed by atoms with Gasteiger partial charge in [-0.1, -0.05) is 48.0 Å². The van der Waals surface area contributed by atoms with E-state index in [1.165, 1.54) is 6.20 Å². The number of amides is 1. The molecule has 1 amide bonds. The summed E-state index contributed by atoms with van der Waals surface area (Å²) in [6.45, 7) is 10.5. The van der Waals surface area contributed by atoms with Gasteiger partial charge in [0.25, 0.3) is 0 Å². The van der Waals surface area contributed by atoms with Gasteiger partial charge >= 0.3 is 0 Å². The zero-order chi connectivity index (χ0) is 39.4. The number of ether oxygens (including phenoxy) is 1. The number of carbonyl (C=O) groups is 1. The van der Waals surface area contributed by atoms with Crippen molar-refractivity contribution in [2.45, 2.75) is 38.3 Å². The van der Waals surface area contributed by atoms with E-state index in [0.717, 1.165) is 90.5 Å². The van der Waals surface area contributed by atoms with Crippen molar-refractivity contribution in [2.75, 3.05) is 75.2 Å². The summed E-state index contributed by atoms with van der Waals surface area (Å²) in [5.74, 6) is 1.54. The fourth-order valence-electron chi connectivity index (χ4n) is 7.51. The van der Waals surface area contributed by atoms with E-state index in [4.69, 9.17) is 22.1 Å². The van der Waals surface area contributed by atoms with E-state index in [1.807, 2.05) is 65.9 Å². The first-order valence-corrected chi connectivity index (χ1v) is 22.7. The molecule has 5 aromatic rings. The number of para-hydroxylation sites is 1. The number of carbonyl (C=O) groups excluding carboxylic acids is 1. The van der Waals surface area contributed by atoms with Crippen LogP contribution in [0.2, 0.25) is 5.02 Å². The summed E-state index contributed by atoms with van der Waals surface area (Å²) in [7, 11) is -0.893. The van der Waals surface area contributed by atoms with Crippen molar-refractivity contribution >= 4 is 70.1 Å². The molecular weight excluding hydrogens is 765 g/mol. The van der Waals surface area contributed by atoms with E-state index in [2.05, 4.69) is 53.6 Å². The molecule has 294 valence electrons. The standard InChI is InChI=1S/C41H49ClN9O3PS/c1-27-39(56-26-45-27)29-11-9-28(10-12-29)33(43)24-38(52)51-21-19-50(20-22-51)30-15-17-49(18-16-30)31-13-14-34(36(23-31)54-2)47-41-44-25-32(42)40(48-41)46-35-7-5-6-8-37(35)55(3,4)53/h5-14,23,25-26,30,33H,15-22,24,43H2,1-4H3,(H2,44,46,47,48). The van der Waals surface area contributed by atoms with Gasteiger partial charge in [0.1, 0.15) is 17.9 Å². The summed E-state index contributed by atoms with van der Waals surface area (Å²) in [5, 5.41) is 7.59. The molecule has 2 fully saturated rings. The maximum Gasteiger partial charge on any atom is 0.229 e. The molecule has 56 heavy (non-hydrogen) atoms. The largest absolute Gasteiger partial charge is 0.494 e. The molecule has 0 saturated carbocycles. The van der Waals surface area contributed by atoms with Crippen molar-refractivity contribution in [3.8, 4) is 16.2 Å². The third-order valence-corrected chi connectivity index (χ3v) is 13.5. The molecule has 2 aliphatic heterocycles. The average Bonchev–Trinajstić information content (AvgIpc) is 3.64. The lowest BCUT2D eigenvalue weighted by Gasteiger charge is -2.43. The molecule has 15 heteroatoms. The molecule has 3 aromatic carbocycles. The molecule has 4 N–H and O–H groups in total. The second-order valence-corrected chi connectivity index (χ2v) is 19.2. The Hall–Kier alpha value is -4.52. The van der Waals surface area contributed by atoms with Crippen molar-refractivity contribution in [1.29, 1.82) is 0 Å². The number of rotatable bonds is 12. The highest BCUT2D eigenvalue weighted by Crippen LogP contribution is 2.39. The number of thiazole rings is 1. The van der Waals surface area contributed by atoms with E-state index in [-0.39, 0.29) is 11.9 Å².